The van der Waals surface area contributed by atoms with Gasteiger partial charge in [0.2, 0.25) is 0 Å². The summed E-state index contributed by atoms with van der Waals surface area (Å²) in [4.78, 5) is 0. The first-order valence-electron chi connectivity index (χ1n) is 5.55. The van der Waals surface area contributed by atoms with Crippen molar-refractivity contribution in [2.75, 3.05) is 13.2 Å². The molecule has 0 aromatic heterocycles. The Morgan fingerprint density at radius 2 is 1.94 bits per heavy atom. The molecule has 2 N–H and O–H groups in total. The summed E-state index contributed by atoms with van der Waals surface area (Å²) in [5.74, 6) is -1.84. The van der Waals surface area contributed by atoms with Crippen LogP contribution in [0, 0.1) is 11.6 Å². The molecule has 2 nitrogen and oxygen atoms in total. The first kappa shape index (κ1) is 14.9. The molecule has 0 saturated heterocycles. The highest BCUT2D eigenvalue weighted by Crippen LogP contribution is 2.13. The molecule has 18 heavy (non-hydrogen) atoms. The normalized spacial score (nSPS) is 13.0. The van der Waals surface area contributed by atoms with Crippen molar-refractivity contribution < 1.29 is 22.3 Å². The molecule has 1 atom stereocenters. The maximum absolute atomic E-state index is 13.3. The maximum Gasteiger partial charge on any atom is 0.261 e. The molecule has 6 heteroatoms. The van der Waals surface area contributed by atoms with Crippen molar-refractivity contribution in [2.24, 2.45) is 5.73 Å². The van der Waals surface area contributed by atoms with E-state index in [1.165, 1.54) is 12.1 Å². The van der Waals surface area contributed by atoms with Gasteiger partial charge in [0.1, 0.15) is 6.61 Å². The number of alkyl halides is 2. The van der Waals surface area contributed by atoms with Crippen molar-refractivity contribution in [3.63, 3.8) is 0 Å². The fourth-order valence-corrected chi connectivity index (χ4v) is 1.50. The molecular formula is C12H15F4NO. The summed E-state index contributed by atoms with van der Waals surface area (Å²) in [5, 5.41) is 0. The van der Waals surface area contributed by atoms with Crippen LogP contribution >= 0.6 is 0 Å². The van der Waals surface area contributed by atoms with Gasteiger partial charge in [-0.3, -0.25) is 0 Å². The zero-order valence-electron chi connectivity index (χ0n) is 9.71. The molecule has 1 unspecified atom stereocenters. The van der Waals surface area contributed by atoms with E-state index in [9.17, 15) is 17.6 Å². The first-order valence-corrected chi connectivity index (χ1v) is 5.55. The fraction of sp³-hybridized carbons (Fsp3) is 0.500. The molecule has 0 amide bonds. The van der Waals surface area contributed by atoms with Crippen LogP contribution in [0.25, 0.3) is 0 Å². The van der Waals surface area contributed by atoms with Gasteiger partial charge >= 0.3 is 0 Å². The van der Waals surface area contributed by atoms with Gasteiger partial charge in [-0.05, 0) is 24.5 Å². The highest BCUT2D eigenvalue weighted by molar-refractivity contribution is 5.19. The van der Waals surface area contributed by atoms with Gasteiger partial charge in [0.15, 0.2) is 11.6 Å². The van der Waals surface area contributed by atoms with Crippen LogP contribution < -0.4 is 5.73 Å². The van der Waals surface area contributed by atoms with Crippen molar-refractivity contribution in [3.8, 4) is 0 Å². The minimum Gasteiger partial charge on any atom is -0.375 e. The van der Waals surface area contributed by atoms with E-state index >= 15 is 0 Å². The predicted molar refractivity (Wildman–Crippen MR) is 59.5 cm³/mol. The maximum atomic E-state index is 13.3. The van der Waals surface area contributed by atoms with Gasteiger partial charge in [-0.15, -0.1) is 0 Å². The van der Waals surface area contributed by atoms with E-state index in [1.807, 2.05) is 0 Å². The topological polar surface area (TPSA) is 35.2 Å². The largest absolute Gasteiger partial charge is 0.375 e. The third-order valence-corrected chi connectivity index (χ3v) is 2.39. The zero-order chi connectivity index (χ0) is 13.5. The van der Waals surface area contributed by atoms with Crippen LogP contribution in [0.5, 0.6) is 0 Å². The van der Waals surface area contributed by atoms with Crippen LogP contribution in [0.2, 0.25) is 0 Å². The zero-order valence-corrected chi connectivity index (χ0v) is 9.71. The van der Waals surface area contributed by atoms with Gasteiger partial charge in [-0.2, -0.15) is 0 Å². The van der Waals surface area contributed by atoms with Crippen molar-refractivity contribution in [2.45, 2.75) is 25.3 Å². The lowest BCUT2D eigenvalue weighted by molar-refractivity contribution is 0.0152. The van der Waals surface area contributed by atoms with E-state index in [0.717, 1.165) is 6.07 Å². The monoisotopic (exact) mass is 265 g/mol. The Morgan fingerprint density at radius 1 is 1.22 bits per heavy atom. The summed E-state index contributed by atoms with van der Waals surface area (Å²) in [6.45, 7) is -0.566. The van der Waals surface area contributed by atoms with Crippen LogP contribution in [0.4, 0.5) is 17.6 Å². The van der Waals surface area contributed by atoms with Crippen LogP contribution in [0.15, 0.2) is 18.2 Å². The van der Waals surface area contributed by atoms with Crippen LogP contribution in [0.3, 0.4) is 0 Å². The molecule has 0 fully saturated rings. The number of ether oxygens (including phenoxy) is 1. The van der Waals surface area contributed by atoms with E-state index in [1.54, 1.807) is 0 Å². The molecule has 0 aliphatic heterocycles. The van der Waals surface area contributed by atoms with Gasteiger partial charge in [-0.25, -0.2) is 17.6 Å². The lowest BCUT2D eigenvalue weighted by Gasteiger charge is -2.12. The minimum absolute atomic E-state index is 0.0719. The van der Waals surface area contributed by atoms with E-state index in [2.05, 4.69) is 4.74 Å². The fourth-order valence-electron chi connectivity index (χ4n) is 1.50. The van der Waals surface area contributed by atoms with Crippen LogP contribution in [-0.2, 0) is 11.2 Å². The van der Waals surface area contributed by atoms with Gasteiger partial charge in [0, 0.05) is 12.6 Å². The van der Waals surface area contributed by atoms with Crippen molar-refractivity contribution in [1.29, 1.82) is 0 Å². The highest BCUT2D eigenvalue weighted by Gasteiger charge is 2.12. The molecule has 0 spiro atoms. The molecule has 0 heterocycles. The Balaban J connectivity index is 2.35. The number of nitrogens with two attached hydrogens (primary N) is 1. The van der Waals surface area contributed by atoms with Crippen molar-refractivity contribution in [1.82, 2.24) is 0 Å². The van der Waals surface area contributed by atoms with Crippen molar-refractivity contribution >= 4 is 0 Å². The summed E-state index contributed by atoms with van der Waals surface area (Å²) in [6.07, 6.45) is -2.06. The summed E-state index contributed by atoms with van der Waals surface area (Å²) in [7, 11) is 0. The Bertz CT molecular complexity index is 373. The smallest absolute Gasteiger partial charge is 0.261 e. The van der Waals surface area contributed by atoms with E-state index in [-0.39, 0.29) is 18.6 Å². The number of hydrogen-bond acceptors (Lipinski definition) is 2. The molecule has 1 aromatic carbocycles. The summed E-state index contributed by atoms with van der Waals surface area (Å²) in [6, 6.07) is 3.40. The lowest BCUT2D eigenvalue weighted by atomic mass is 10.0. The number of halogens is 4. The molecule has 1 rings (SSSR count). The first-order chi connectivity index (χ1) is 8.50. The lowest BCUT2D eigenvalue weighted by Crippen LogP contribution is -2.25. The number of benzene rings is 1. The van der Waals surface area contributed by atoms with Crippen molar-refractivity contribution in [3.05, 3.63) is 35.4 Å². The number of rotatable bonds is 7. The van der Waals surface area contributed by atoms with Gasteiger partial charge in [0.05, 0.1) is 0 Å². The second kappa shape index (κ2) is 7.33. The average Bonchev–Trinajstić information content (AvgIpc) is 2.30. The van der Waals surface area contributed by atoms with Gasteiger partial charge in [0.25, 0.3) is 6.43 Å². The van der Waals surface area contributed by atoms with Gasteiger partial charge in [-0.1, -0.05) is 12.1 Å². The van der Waals surface area contributed by atoms with E-state index < -0.39 is 30.7 Å². The van der Waals surface area contributed by atoms with Gasteiger partial charge < -0.3 is 10.5 Å². The quantitative estimate of drug-likeness (QED) is 0.607. The minimum atomic E-state index is -2.51. The average molecular weight is 265 g/mol. The standard InChI is InChI=1S/C12H15F4NO/c13-10-3-1-2-8(12(10)16)6-9(17)4-5-18-7-11(14)15/h1-3,9,11H,4-7,17H2. The molecule has 0 saturated carbocycles. The second-order valence-electron chi connectivity index (χ2n) is 3.93. The third-order valence-electron chi connectivity index (χ3n) is 2.39. The Kier molecular flexibility index (Phi) is 6.07. The number of hydrogen-bond donors (Lipinski definition) is 1. The highest BCUT2D eigenvalue weighted by atomic mass is 19.3. The third kappa shape index (κ3) is 5.01. The van der Waals surface area contributed by atoms with E-state index in [4.69, 9.17) is 5.73 Å². The summed E-state index contributed by atoms with van der Waals surface area (Å²) in [5.41, 5.74) is 5.86. The van der Waals surface area contributed by atoms with E-state index in [0.29, 0.717) is 6.42 Å². The molecule has 0 bridgehead atoms. The second-order valence-corrected chi connectivity index (χ2v) is 3.93. The molecule has 0 radical (unpaired) electrons. The summed E-state index contributed by atoms with van der Waals surface area (Å²) < 4.78 is 54.4. The molecule has 0 aliphatic rings. The Labute approximate surface area is 103 Å². The van der Waals surface area contributed by atoms with Crippen LogP contribution in [0.1, 0.15) is 12.0 Å². The predicted octanol–water partition coefficient (Wildman–Crippen LogP) is 2.51. The molecule has 102 valence electrons. The summed E-state index contributed by atoms with van der Waals surface area (Å²) >= 11 is 0. The Morgan fingerprint density at radius 3 is 2.61 bits per heavy atom. The molecule has 1 aromatic rings. The Hall–Kier alpha value is -1.14. The molecule has 0 aliphatic carbocycles. The molecular weight excluding hydrogens is 250 g/mol. The van der Waals surface area contributed by atoms with Crippen LogP contribution in [-0.4, -0.2) is 25.7 Å². The SMILES string of the molecule is NC(CCOCC(F)F)Cc1cccc(F)c1F.